The topological polar surface area (TPSA) is 9.23 Å². The standard InChI is InChI=1S/C4H6F2O/c1-3(7-2)4(5)6/h1-2H3. The van der Waals surface area contributed by atoms with Crippen molar-refractivity contribution in [1.82, 2.24) is 0 Å². The second-order valence-electron chi connectivity index (χ2n) is 1.02. The lowest BCUT2D eigenvalue weighted by atomic mass is 10.6. The normalized spacial score (nSPS) is 8.00. The molecule has 0 saturated heterocycles. The molecule has 0 aliphatic carbocycles. The van der Waals surface area contributed by atoms with E-state index in [1.165, 1.54) is 14.0 Å². The highest BCUT2D eigenvalue weighted by atomic mass is 19.3. The Kier molecular flexibility index (Phi) is 2.33. The van der Waals surface area contributed by atoms with Gasteiger partial charge in [-0.05, 0) is 6.92 Å². The monoisotopic (exact) mass is 108 g/mol. The second kappa shape index (κ2) is 2.55. The van der Waals surface area contributed by atoms with Crippen molar-refractivity contribution in [2.24, 2.45) is 0 Å². The van der Waals surface area contributed by atoms with Crippen molar-refractivity contribution >= 4 is 0 Å². The molecule has 3 heteroatoms. The van der Waals surface area contributed by atoms with Gasteiger partial charge in [-0.1, -0.05) is 0 Å². The molecule has 0 aliphatic rings. The van der Waals surface area contributed by atoms with Crippen molar-refractivity contribution in [2.45, 2.75) is 6.92 Å². The second-order valence-corrected chi connectivity index (χ2v) is 1.02. The molecule has 0 atom stereocenters. The first-order valence-corrected chi connectivity index (χ1v) is 1.74. The van der Waals surface area contributed by atoms with Crippen molar-refractivity contribution in [3.05, 3.63) is 11.8 Å². The molecule has 1 nitrogen and oxygen atoms in total. The predicted molar refractivity (Wildman–Crippen MR) is 21.9 cm³/mol. The summed E-state index contributed by atoms with van der Waals surface area (Å²) in [5.41, 5.74) is 0. The third kappa shape index (κ3) is 2.14. The van der Waals surface area contributed by atoms with Gasteiger partial charge in [-0.3, -0.25) is 0 Å². The van der Waals surface area contributed by atoms with Gasteiger partial charge in [0.2, 0.25) is 0 Å². The summed E-state index contributed by atoms with van der Waals surface area (Å²) in [5.74, 6) is -0.319. The largest absolute Gasteiger partial charge is 0.496 e. The molecule has 0 amide bonds. The SMILES string of the molecule is COC(C)=C(F)F. The predicted octanol–water partition coefficient (Wildman–Crippen LogP) is 1.76. The number of rotatable bonds is 1. The highest BCUT2D eigenvalue weighted by Gasteiger charge is 1.94. The molecule has 0 spiro atoms. The van der Waals surface area contributed by atoms with Crippen LogP contribution < -0.4 is 0 Å². The van der Waals surface area contributed by atoms with E-state index in [1.807, 2.05) is 0 Å². The maximum Gasteiger partial charge on any atom is 0.307 e. The summed E-state index contributed by atoms with van der Waals surface area (Å²) in [5, 5.41) is 0. The molecule has 0 fully saturated rings. The lowest BCUT2D eigenvalue weighted by Crippen LogP contribution is -1.78. The Hall–Kier alpha value is -0.600. The van der Waals surface area contributed by atoms with Gasteiger partial charge in [0, 0.05) is 0 Å². The minimum absolute atomic E-state index is 0.319. The fourth-order valence-electron chi connectivity index (χ4n) is 0.0772. The van der Waals surface area contributed by atoms with Gasteiger partial charge in [0.1, 0.15) is 0 Å². The van der Waals surface area contributed by atoms with Gasteiger partial charge in [0.05, 0.1) is 7.11 Å². The number of halogens is 2. The van der Waals surface area contributed by atoms with Crippen LogP contribution in [0.2, 0.25) is 0 Å². The van der Waals surface area contributed by atoms with Crippen LogP contribution in [0.25, 0.3) is 0 Å². The van der Waals surface area contributed by atoms with E-state index in [-0.39, 0.29) is 5.76 Å². The zero-order chi connectivity index (χ0) is 5.86. The van der Waals surface area contributed by atoms with E-state index >= 15 is 0 Å². The number of allylic oxidation sites excluding steroid dienone is 1. The fraction of sp³-hybridized carbons (Fsp3) is 0.500. The molecule has 0 rings (SSSR count). The lowest BCUT2D eigenvalue weighted by Gasteiger charge is -1.92. The Morgan fingerprint density at radius 1 is 1.43 bits per heavy atom. The zero-order valence-corrected chi connectivity index (χ0v) is 4.16. The molecule has 0 radical (unpaired) electrons. The van der Waals surface area contributed by atoms with E-state index in [9.17, 15) is 8.78 Å². The summed E-state index contributed by atoms with van der Waals surface area (Å²) in [6, 6.07) is 0. The van der Waals surface area contributed by atoms with Crippen LogP contribution in [0.5, 0.6) is 0 Å². The first-order valence-electron chi connectivity index (χ1n) is 1.74. The number of methoxy groups -OCH3 is 1. The quantitative estimate of drug-likeness (QED) is 0.465. The van der Waals surface area contributed by atoms with Gasteiger partial charge in [0.25, 0.3) is 0 Å². The average Bonchev–Trinajstić information content (AvgIpc) is 1.65. The smallest absolute Gasteiger partial charge is 0.307 e. The Morgan fingerprint density at radius 2 is 1.86 bits per heavy atom. The molecule has 0 aliphatic heterocycles. The van der Waals surface area contributed by atoms with Gasteiger partial charge in [-0.25, -0.2) is 0 Å². The van der Waals surface area contributed by atoms with Gasteiger partial charge in [-0.2, -0.15) is 8.78 Å². The number of hydrogen-bond acceptors (Lipinski definition) is 1. The molecule has 42 valence electrons. The minimum atomic E-state index is -1.76. The fourth-order valence-corrected chi connectivity index (χ4v) is 0.0772. The van der Waals surface area contributed by atoms with Crippen molar-refractivity contribution < 1.29 is 13.5 Å². The van der Waals surface area contributed by atoms with Crippen LogP contribution in [0, 0.1) is 0 Å². The van der Waals surface area contributed by atoms with Crippen molar-refractivity contribution in [1.29, 1.82) is 0 Å². The molecular formula is C4H6F2O. The van der Waals surface area contributed by atoms with Crippen molar-refractivity contribution in [3.63, 3.8) is 0 Å². The molecular weight excluding hydrogens is 102 g/mol. The van der Waals surface area contributed by atoms with Gasteiger partial charge in [0.15, 0.2) is 5.76 Å². The Morgan fingerprint density at radius 3 is 1.86 bits per heavy atom. The van der Waals surface area contributed by atoms with E-state index in [2.05, 4.69) is 4.74 Å². The third-order valence-electron chi connectivity index (χ3n) is 0.572. The molecule has 0 heterocycles. The average molecular weight is 108 g/mol. The van der Waals surface area contributed by atoms with Crippen LogP contribution in [-0.4, -0.2) is 7.11 Å². The molecule has 0 bridgehead atoms. The van der Waals surface area contributed by atoms with Crippen LogP contribution in [-0.2, 0) is 4.74 Å². The van der Waals surface area contributed by atoms with Gasteiger partial charge in [-0.15, -0.1) is 0 Å². The van der Waals surface area contributed by atoms with Crippen LogP contribution in [0.15, 0.2) is 11.8 Å². The zero-order valence-electron chi connectivity index (χ0n) is 4.16. The molecule has 0 saturated carbocycles. The summed E-state index contributed by atoms with van der Waals surface area (Å²) in [6.07, 6.45) is -1.76. The maximum absolute atomic E-state index is 11.2. The van der Waals surface area contributed by atoms with Crippen LogP contribution >= 0.6 is 0 Å². The van der Waals surface area contributed by atoms with Crippen molar-refractivity contribution in [3.8, 4) is 0 Å². The molecule has 7 heavy (non-hydrogen) atoms. The maximum atomic E-state index is 11.2. The molecule has 0 N–H and O–H groups in total. The molecule has 0 aromatic heterocycles. The Bertz CT molecular complexity index is 83.7. The van der Waals surface area contributed by atoms with E-state index in [0.29, 0.717) is 0 Å². The Labute approximate surface area is 40.6 Å². The summed E-state index contributed by atoms with van der Waals surface area (Å²) >= 11 is 0. The highest BCUT2D eigenvalue weighted by Crippen LogP contribution is 2.05. The van der Waals surface area contributed by atoms with E-state index in [4.69, 9.17) is 0 Å². The van der Waals surface area contributed by atoms with Gasteiger partial charge < -0.3 is 4.74 Å². The van der Waals surface area contributed by atoms with Crippen LogP contribution in [0.4, 0.5) is 8.78 Å². The highest BCUT2D eigenvalue weighted by molar-refractivity contribution is 4.86. The molecule has 0 unspecified atom stereocenters. The minimum Gasteiger partial charge on any atom is -0.496 e. The summed E-state index contributed by atoms with van der Waals surface area (Å²) in [6.45, 7) is 1.20. The number of hydrogen-bond donors (Lipinski definition) is 0. The first kappa shape index (κ1) is 6.40. The van der Waals surface area contributed by atoms with E-state index < -0.39 is 6.08 Å². The molecule has 0 aromatic carbocycles. The lowest BCUT2D eigenvalue weighted by molar-refractivity contribution is 0.249. The third-order valence-corrected chi connectivity index (χ3v) is 0.572. The molecule has 0 aromatic rings. The number of ether oxygens (including phenoxy) is 1. The van der Waals surface area contributed by atoms with E-state index in [1.54, 1.807) is 0 Å². The van der Waals surface area contributed by atoms with Crippen LogP contribution in [0.3, 0.4) is 0 Å². The van der Waals surface area contributed by atoms with Gasteiger partial charge >= 0.3 is 6.08 Å². The Balaban J connectivity index is 3.72. The van der Waals surface area contributed by atoms with Crippen molar-refractivity contribution in [2.75, 3.05) is 7.11 Å². The summed E-state index contributed by atoms with van der Waals surface area (Å²) in [7, 11) is 1.20. The first-order chi connectivity index (χ1) is 3.18. The van der Waals surface area contributed by atoms with Crippen LogP contribution in [0.1, 0.15) is 6.92 Å². The summed E-state index contributed by atoms with van der Waals surface area (Å²) < 4.78 is 26.5. The van der Waals surface area contributed by atoms with E-state index in [0.717, 1.165) is 0 Å². The summed E-state index contributed by atoms with van der Waals surface area (Å²) in [4.78, 5) is 0.